The molecule has 18 heavy (non-hydrogen) atoms. The number of halogens is 1. The predicted octanol–water partition coefficient (Wildman–Crippen LogP) is 1.59. The third-order valence-corrected chi connectivity index (χ3v) is 2.97. The predicted molar refractivity (Wildman–Crippen MR) is 60.5 cm³/mol. The van der Waals surface area contributed by atoms with Crippen LogP contribution in [-0.4, -0.2) is 16.7 Å². The summed E-state index contributed by atoms with van der Waals surface area (Å²) in [6.45, 7) is 1.56. The van der Waals surface area contributed by atoms with Gasteiger partial charge in [0.15, 0.2) is 0 Å². The summed E-state index contributed by atoms with van der Waals surface area (Å²) in [6.07, 6.45) is 0.165. The number of rotatable bonds is 2. The average molecular weight is 246 g/mol. The summed E-state index contributed by atoms with van der Waals surface area (Å²) < 4.78 is 13.6. The Bertz CT molecular complexity index is 563. The summed E-state index contributed by atoms with van der Waals surface area (Å²) in [5.74, 6) is -1.45. The Kier molecular flexibility index (Phi) is 3.11. The van der Waals surface area contributed by atoms with E-state index < -0.39 is 5.82 Å². The van der Waals surface area contributed by atoms with Crippen LogP contribution in [0.4, 0.5) is 4.39 Å². The third-order valence-electron chi connectivity index (χ3n) is 2.97. The van der Waals surface area contributed by atoms with E-state index in [0.717, 1.165) is 4.90 Å². The molecule has 1 aromatic carbocycles. The van der Waals surface area contributed by atoms with Gasteiger partial charge in [-0.3, -0.25) is 14.5 Å². The Morgan fingerprint density at radius 1 is 1.50 bits per heavy atom. The number of carbonyl (C=O) groups is 2. The quantitative estimate of drug-likeness (QED) is 0.744. The van der Waals surface area contributed by atoms with E-state index in [-0.39, 0.29) is 36.3 Å². The Morgan fingerprint density at radius 3 is 2.78 bits per heavy atom. The first-order chi connectivity index (χ1) is 8.52. The number of benzene rings is 1. The van der Waals surface area contributed by atoms with Crippen molar-refractivity contribution >= 4 is 11.8 Å². The fraction of sp³-hybridized carbons (Fsp3) is 0.308. The van der Waals surface area contributed by atoms with E-state index in [1.807, 2.05) is 6.07 Å². The number of likely N-dealkylation sites (tertiary alicyclic amines) is 1. The van der Waals surface area contributed by atoms with Crippen molar-refractivity contribution in [1.82, 2.24) is 4.90 Å². The second-order valence-electron chi connectivity index (χ2n) is 4.34. The lowest BCUT2D eigenvalue weighted by Gasteiger charge is -2.14. The van der Waals surface area contributed by atoms with Gasteiger partial charge in [-0.15, -0.1) is 0 Å². The highest BCUT2D eigenvalue weighted by Gasteiger charge is 2.35. The van der Waals surface area contributed by atoms with Gasteiger partial charge < -0.3 is 0 Å². The molecule has 2 rings (SSSR count). The van der Waals surface area contributed by atoms with E-state index in [1.165, 1.54) is 18.2 Å². The largest absolute Gasteiger partial charge is 0.278 e. The smallest absolute Gasteiger partial charge is 0.232 e. The normalized spacial score (nSPS) is 19.2. The SMILES string of the molecule is CC1CC(=O)N(Cc2cc(C#N)ccc2F)C1=O. The van der Waals surface area contributed by atoms with E-state index in [9.17, 15) is 14.0 Å². The Labute approximate surface area is 104 Å². The van der Waals surface area contributed by atoms with Crippen LogP contribution < -0.4 is 0 Å². The van der Waals surface area contributed by atoms with Crippen LogP contribution in [0.3, 0.4) is 0 Å². The molecule has 1 atom stereocenters. The van der Waals surface area contributed by atoms with Crippen LogP contribution in [0, 0.1) is 23.1 Å². The van der Waals surface area contributed by atoms with E-state index in [0.29, 0.717) is 5.56 Å². The van der Waals surface area contributed by atoms with Crippen LogP contribution >= 0.6 is 0 Å². The zero-order valence-corrected chi connectivity index (χ0v) is 9.81. The van der Waals surface area contributed by atoms with Crippen molar-refractivity contribution in [3.05, 3.63) is 35.1 Å². The summed E-state index contributed by atoms with van der Waals surface area (Å²) in [6, 6.07) is 5.78. The molecule has 4 nitrogen and oxygen atoms in total. The first kappa shape index (κ1) is 12.2. The van der Waals surface area contributed by atoms with Gasteiger partial charge in [0.2, 0.25) is 11.8 Å². The minimum absolute atomic E-state index is 0.108. The van der Waals surface area contributed by atoms with E-state index >= 15 is 0 Å². The van der Waals surface area contributed by atoms with Crippen molar-refractivity contribution in [1.29, 1.82) is 5.26 Å². The number of hydrogen-bond acceptors (Lipinski definition) is 3. The summed E-state index contributed by atoms with van der Waals surface area (Å²) in [7, 11) is 0. The van der Waals surface area contributed by atoms with Crippen molar-refractivity contribution in [3.63, 3.8) is 0 Å². The van der Waals surface area contributed by atoms with Crippen LogP contribution in [0.15, 0.2) is 18.2 Å². The maximum absolute atomic E-state index is 13.6. The minimum Gasteiger partial charge on any atom is -0.278 e. The molecule has 1 unspecified atom stereocenters. The molecule has 92 valence electrons. The van der Waals surface area contributed by atoms with E-state index in [1.54, 1.807) is 6.92 Å². The molecule has 0 aliphatic carbocycles. The first-order valence-corrected chi connectivity index (χ1v) is 5.55. The summed E-state index contributed by atoms with van der Waals surface area (Å²) in [4.78, 5) is 24.3. The second kappa shape index (κ2) is 4.57. The number of nitriles is 1. The molecule has 1 aromatic rings. The number of imide groups is 1. The van der Waals surface area contributed by atoms with Gasteiger partial charge in [0, 0.05) is 17.9 Å². The summed E-state index contributed by atoms with van der Waals surface area (Å²) in [5, 5.41) is 8.74. The van der Waals surface area contributed by atoms with Crippen molar-refractivity contribution in [2.24, 2.45) is 5.92 Å². The van der Waals surface area contributed by atoms with E-state index in [2.05, 4.69) is 0 Å². The van der Waals surface area contributed by atoms with E-state index in [4.69, 9.17) is 5.26 Å². The minimum atomic E-state index is -0.519. The molecule has 1 aliphatic rings. The molecular formula is C13H11FN2O2. The molecule has 0 spiro atoms. The lowest BCUT2D eigenvalue weighted by molar-refractivity contribution is -0.139. The molecule has 0 aromatic heterocycles. The van der Waals surface area contributed by atoms with Crippen molar-refractivity contribution in [2.45, 2.75) is 19.9 Å². The zero-order valence-electron chi connectivity index (χ0n) is 9.81. The van der Waals surface area contributed by atoms with Gasteiger partial charge in [0.05, 0.1) is 18.2 Å². The molecule has 1 fully saturated rings. The van der Waals surface area contributed by atoms with Gasteiger partial charge >= 0.3 is 0 Å². The lowest BCUT2D eigenvalue weighted by Crippen LogP contribution is -2.30. The topological polar surface area (TPSA) is 61.2 Å². The fourth-order valence-electron chi connectivity index (χ4n) is 1.95. The van der Waals surface area contributed by atoms with Crippen molar-refractivity contribution in [2.75, 3.05) is 0 Å². The molecular weight excluding hydrogens is 235 g/mol. The van der Waals surface area contributed by atoms with Crippen LogP contribution in [0.1, 0.15) is 24.5 Å². The highest BCUT2D eigenvalue weighted by atomic mass is 19.1. The van der Waals surface area contributed by atoms with Crippen LogP contribution in [0.5, 0.6) is 0 Å². The lowest BCUT2D eigenvalue weighted by atomic mass is 10.1. The molecule has 0 N–H and O–H groups in total. The molecule has 1 aliphatic heterocycles. The molecule has 5 heteroatoms. The summed E-state index contributed by atoms with van der Waals surface area (Å²) >= 11 is 0. The average Bonchev–Trinajstić information content (AvgIpc) is 2.58. The maximum Gasteiger partial charge on any atom is 0.232 e. The molecule has 2 amide bonds. The molecule has 1 saturated heterocycles. The molecule has 1 heterocycles. The first-order valence-electron chi connectivity index (χ1n) is 5.55. The zero-order chi connectivity index (χ0) is 13.3. The van der Waals surface area contributed by atoms with Crippen LogP contribution in [-0.2, 0) is 16.1 Å². The summed E-state index contributed by atoms with van der Waals surface area (Å²) in [5.41, 5.74) is 0.489. The Morgan fingerprint density at radius 2 is 2.22 bits per heavy atom. The molecule has 0 radical (unpaired) electrons. The van der Waals surface area contributed by atoms with Gasteiger partial charge in [-0.2, -0.15) is 5.26 Å². The van der Waals surface area contributed by atoms with Crippen LogP contribution in [0.2, 0.25) is 0 Å². The molecule has 0 saturated carbocycles. The van der Waals surface area contributed by atoms with Gasteiger partial charge in [-0.1, -0.05) is 6.92 Å². The molecule has 0 bridgehead atoms. The fourth-order valence-corrected chi connectivity index (χ4v) is 1.95. The monoisotopic (exact) mass is 246 g/mol. The van der Waals surface area contributed by atoms with Gasteiger partial charge in [-0.05, 0) is 18.2 Å². The number of carbonyl (C=O) groups excluding carboxylic acids is 2. The standard InChI is InChI=1S/C13H11FN2O2/c1-8-4-12(17)16(13(8)18)7-10-5-9(6-15)2-3-11(10)14/h2-3,5,8H,4,7H2,1H3. The second-order valence-corrected chi connectivity index (χ2v) is 4.34. The number of hydrogen-bond donors (Lipinski definition) is 0. The van der Waals surface area contributed by atoms with Crippen molar-refractivity contribution < 1.29 is 14.0 Å². The van der Waals surface area contributed by atoms with Crippen molar-refractivity contribution in [3.8, 4) is 6.07 Å². The highest BCUT2D eigenvalue weighted by molar-refractivity contribution is 6.03. The Hall–Kier alpha value is -2.22. The van der Waals surface area contributed by atoms with Gasteiger partial charge in [-0.25, -0.2) is 4.39 Å². The van der Waals surface area contributed by atoms with Gasteiger partial charge in [0.25, 0.3) is 0 Å². The maximum atomic E-state index is 13.6. The van der Waals surface area contributed by atoms with Crippen LogP contribution in [0.25, 0.3) is 0 Å². The van der Waals surface area contributed by atoms with Gasteiger partial charge in [0.1, 0.15) is 5.82 Å². The highest BCUT2D eigenvalue weighted by Crippen LogP contribution is 2.22. The third kappa shape index (κ3) is 2.09. The Balaban J connectivity index is 2.27. The number of nitrogens with zero attached hydrogens (tertiary/aromatic N) is 2. The number of amides is 2.